The molecule has 0 bridgehead atoms. The van der Waals surface area contributed by atoms with Crippen molar-refractivity contribution >= 4 is 5.97 Å². The summed E-state index contributed by atoms with van der Waals surface area (Å²) in [6.07, 6.45) is 2.80. The van der Waals surface area contributed by atoms with Gasteiger partial charge in [0.05, 0.1) is 24.7 Å². The summed E-state index contributed by atoms with van der Waals surface area (Å²) in [7, 11) is 0. The van der Waals surface area contributed by atoms with E-state index in [1.54, 1.807) is 6.92 Å². The third-order valence-electron chi connectivity index (χ3n) is 4.08. The number of carbonyl (C=O) groups excluding carboxylic acids is 1. The second-order valence-electron chi connectivity index (χ2n) is 6.68. The maximum absolute atomic E-state index is 11.2. The van der Waals surface area contributed by atoms with Gasteiger partial charge in [-0.05, 0) is 38.0 Å². The van der Waals surface area contributed by atoms with E-state index in [1.807, 2.05) is 0 Å². The molecule has 0 amide bonds. The van der Waals surface area contributed by atoms with Crippen molar-refractivity contribution in [3.05, 3.63) is 0 Å². The van der Waals surface area contributed by atoms with Crippen LogP contribution < -0.4 is 5.32 Å². The summed E-state index contributed by atoms with van der Waals surface area (Å²) in [5, 5.41) is 23.2. The van der Waals surface area contributed by atoms with Crippen LogP contribution in [0.15, 0.2) is 0 Å². The number of ether oxygens (including phenoxy) is 1. The Morgan fingerprint density at radius 3 is 2.45 bits per heavy atom. The van der Waals surface area contributed by atoms with Gasteiger partial charge in [0, 0.05) is 13.1 Å². The van der Waals surface area contributed by atoms with Gasteiger partial charge in [-0.1, -0.05) is 13.8 Å². The fourth-order valence-corrected chi connectivity index (χ4v) is 2.52. The number of esters is 1. The first kappa shape index (κ1) is 17.4. The molecular weight excluding hydrogens is 258 g/mol. The van der Waals surface area contributed by atoms with Crippen molar-refractivity contribution < 1.29 is 19.7 Å². The van der Waals surface area contributed by atoms with E-state index in [1.165, 1.54) is 0 Å². The maximum atomic E-state index is 11.2. The summed E-state index contributed by atoms with van der Waals surface area (Å²) < 4.78 is 4.78. The molecule has 0 aromatic heterocycles. The number of aliphatic hydroxyl groups is 2. The number of aliphatic hydroxyl groups excluding tert-OH is 1. The first-order valence-corrected chi connectivity index (χ1v) is 7.53. The molecule has 1 aliphatic rings. The quantitative estimate of drug-likeness (QED) is 0.614. The Hall–Kier alpha value is -0.650. The Bertz CT molecular complexity index is 307. The Kier molecular flexibility index (Phi) is 6.43. The minimum Gasteiger partial charge on any atom is -0.466 e. The molecule has 1 fully saturated rings. The Labute approximate surface area is 121 Å². The van der Waals surface area contributed by atoms with Crippen LogP contribution in [-0.4, -0.2) is 47.6 Å². The molecule has 3 N–H and O–H groups in total. The van der Waals surface area contributed by atoms with Crippen LogP contribution in [0, 0.1) is 5.41 Å². The van der Waals surface area contributed by atoms with Crippen LogP contribution in [0.1, 0.15) is 52.9 Å². The van der Waals surface area contributed by atoms with Gasteiger partial charge >= 0.3 is 5.97 Å². The molecule has 1 rings (SSSR count). The lowest BCUT2D eigenvalue weighted by Crippen LogP contribution is -2.46. The topological polar surface area (TPSA) is 78.8 Å². The molecule has 0 spiro atoms. The fraction of sp³-hybridized carbons (Fsp3) is 0.933. The predicted molar refractivity (Wildman–Crippen MR) is 77.3 cm³/mol. The third kappa shape index (κ3) is 6.20. The Morgan fingerprint density at radius 2 is 1.90 bits per heavy atom. The largest absolute Gasteiger partial charge is 0.466 e. The van der Waals surface area contributed by atoms with Crippen LogP contribution in [0.3, 0.4) is 0 Å². The normalized spacial score (nSPS) is 22.2. The Balaban J connectivity index is 2.22. The molecule has 0 aromatic carbocycles. The summed E-state index contributed by atoms with van der Waals surface area (Å²) in [4.78, 5) is 11.2. The molecule has 1 saturated carbocycles. The molecule has 118 valence electrons. The van der Waals surface area contributed by atoms with Crippen molar-refractivity contribution in [2.75, 3.05) is 19.7 Å². The van der Waals surface area contributed by atoms with E-state index in [-0.39, 0.29) is 12.4 Å². The Morgan fingerprint density at radius 1 is 1.30 bits per heavy atom. The van der Waals surface area contributed by atoms with E-state index >= 15 is 0 Å². The van der Waals surface area contributed by atoms with Gasteiger partial charge in [-0.15, -0.1) is 0 Å². The van der Waals surface area contributed by atoms with Gasteiger partial charge in [-0.2, -0.15) is 0 Å². The minimum absolute atomic E-state index is 0.00764. The smallest absolute Gasteiger partial charge is 0.308 e. The van der Waals surface area contributed by atoms with E-state index in [0.717, 1.165) is 25.7 Å². The molecule has 1 unspecified atom stereocenters. The zero-order chi connectivity index (χ0) is 15.2. The van der Waals surface area contributed by atoms with E-state index in [2.05, 4.69) is 19.2 Å². The van der Waals surface area contributed by atoms with Gasteiger partial charge < -0.3 is 20.3 Å². The van der Waals surface area contributed by atoms with Crippen LogP contribution in [0.5, 0.6) is 0 Å². The zero-order valence-corrected chi connectivity index (χ0v) is 12.9. The molecule has 0 aromatic rings. The lowest BCUT2D eigenvalue weighted by molar-refractivity contribution is -0.145. The first-order chi connectivity index (χ1) is 9.26. The SMILES string of the molecule is CCOC(=O)CC(O)CNCC1(O)CCC(C)(C)CC1. The molecule has 5 nitrogen and oxygen atoms in total. The third-order valence-corrected chi connectivity index (χ3v) is 4.08. The zero-order valence-electron chi connectivity index (χ0n) is 12.9. The molecule has 0 radical (unpaired) electrons. The summed E-state index contributed by atoms with van der Waals surface area (Å²) in [6, 6.07) is 0. The van der Waals surface area contributed by atoms with E-state index < -0.39 is 11.7 Å². The van der Waals surface area contributed by atoms with Crippen molar-refractivity contribution in [3.8, 4) is 0 Å². The molecule has 0 aliphatic heterocycles. The number of hydrogen-bond donors (Lipinski definition) is 3. The monoisotopic (exact) mass is 287 g/mol. The maximum Gasteiger partial charge on any atom is 0.308 e. The van der Waals surface area contributed by atoms with Crippen LogP contribution >= 0.6 is 0 Å². The summed E-state index contributed by atoms with van der Waals surface area (Å²) in [6.45, 7) is 7.27. The van der Waals surface area contributed by atoms with Gasteiger partial charge in [-0.25, -0.2) is 0 Å². The first-order valence-electron chi connectivity index (χ1n) is 7.53. The second kappa shape index (κ2) is 7.38. The molecular formula is C15H29NO4. The highest BCUT2D eigenvalue weighted by molar-refractivity contribution is 5.69. The number of carbonyl (C=O) groups is 1. The average Bonchev–Trinajstić information content (AvgIpc) is 2.34. The van der Waals surface area contributed by atoms with Gasteiger partial charge in [0.2, 0.25) is 0 Å². The lowest BCUT2D eigenvalue weighted by Gasteiger charge is -2.40. The van der Waals surface area contributed by atoms with Gasteiger partial charge in [0.25, 0.3) is 0 Å². The highest BCUT2D eigenvalue weighted by Gasteiger charge is 2.36. The fourth-order valence-electron chi connectivity index (χ4n) is 2.52. The number of nitrogens with one attached hydrogen (secondary N) is 1. The number of hydrogen-bond acceptors (Lipinski definition) is 5. The van der Waals surface area contributed by atoms with Crippen molar-refractivity contribution in [1.82, 2.24) is 5.32 Å². The molecule has 0 saturated heterocycles. The number of rotatable bonds is 7. The van der Waals surface area contributed by atoms with Crippen molar-refractivity contribution in [2.45, 2.75) is 64.6 Å². The van der Waals surface area contributed by atoms with Crippen molar-refractivity contribution in [1.29, 1.82) is 0 Å². The summed E-state index contributed by atoms with van der Waals surface area (Å²) in [5.41, 5.74) is -0.366. The lowest BCUT2D eigenvalue weighted by atomic mass is 9.71. The molecule has 20 heavy (non-hydrogen) atoms. The standard InChI is InChI=1S/C15H29NO4/c1-4-20-13(18)9-12(17)10-16-11-15(19)7-5-14(2,3)6-8-15/h12,16-17,19H,4-11H2,1-3H3. The van der Waals surface area contributed by atoms with Crippen molar-refractivity contribution in [3.63, 3.8) is 0 Å². The predicted octanol–water partition coefficient (Wildman–Crippen LogP) is 1.22. The molecule has 5 heteroatoms. The van der Waals surface area contributed by atoms with E-state index in [0.29, 0.717) is 25.1 Å². The average molecular weight is 287 g/mol. The van der Waals surface area contributed by atoms with Gasteiger partial charge in [-0.3, -0.25) is 4.79 Å². The minimum atomic E-state index is -0.766. The van der Waals surface area contributed by atoms with Gasteiger partial charge in [0.15, 0.2) is 0 Å². The highest BCUT2D eigenvalue weighted by atomic mass is 16.5. The van der Waals surface area contributed by atoms with E-state index in [4.69, 9.17) is 4.74 Å². The summed E-state index contributed by atoms with van der Waals surface area (Å²) in [5.74, 6) is -0.389. The van der Waals surface area contributed by atoms with Crippen LogP contribution in [0.4, 0.5) is 0 Å². The second-order valence-corrected chi connectivity index (χ2v) is 6.68. The summed E-state index contributed by atoms with van der Waals surface area (Å²) >= 11 is 0. The van der Waals surface area contributed by atoms with E-state index in [9.17, 15) is 15.0 Å². The van der Waals surface area contributed by atoms with Crippen LogP contribution in [0.2, 0.25) is 0 Å². The van der Waals surface area contributed by atoms with Crippen LogP contribution in [0.25, 0.3) is 0 Å². The van der Waals surface area contributed by atoms with Crippen molar-refractivity contribution in [2.24, 2.45) is 5.41 Å². The highest BCUT2D eigenvalue weighted by Crippen LogP contribution is 2.39. The molecule has 1 atom stereocenters. The molecule has 1 aliphatic carbocycles. The van der Waals surface area contributed by atoms with Gasteiger partial charge in [0.1, 0.15) is 0 Å². The molecule has 0 heterocycles. The van der Waals surface area contributed by atoms with Crippen LogP contribution in [-0.2, 0) is 9.53 Å².